The molecular weight excluding hydrogens is 364 g/mol. The predicted molar refractivity (Wildman–Crippen MR) is 107 cm³/mol. The van der Waals surface area contributed by atoms with Gasteiger partial charge in [-0.15, -0.1) is 0 Å². The maximum atomic E-state index is 12.3. The Kier molecular flexibility index (Phi) is 6.28. The van der Waals surface area contributed by atoms with Gasteiger partial charge in [-0.3, -0.25) is 4.79 Å². The highest BCUT2D eigenvalue weighted by Gasteiger charge is 2.21. The molecule has 0 unspecified atom stereocenters. The van der Waals surface area contributed by atoms with Gasteiger partial charge in [0.05, 0.1) is 4.90 Å². The van der Waals surface area contributed by atoms with Gasteiger partial charge >= 0.3 is 0 Å². The number of aryl methyl sites for hydroxylation is 2. The second-order valence-electron chi connectivity index (χ2n) is 7.49. The number of hydrogen-bond acceptors (Lipinski definition) is 4. The lowest BCUT2D eigenvalue weighted by molar-refractivity contribution is -0.118. The lowest BCUT2D eigenvalue weighted by atomic mass is 10.1. The number of benzene rings is 2. The lowest BCUT2D eigenvalue weighted by Gasteiger charge is -2.20. The molecule has 2 rings (SSSR count). The number of carbonyl (C=O) groups excluding carboxylic acids is 1. The third kappa shape index (κ3) is 6.37. The van der Waals surface area contributed by atoms with Gasteiger partial charge in [-0.2, -0.15) is 0 Å². The Morgan fingerprint density at radius 3 is 2.26 bits per heavy atom. The number of nitrogens with one attached hydrogen (secondary N) is 2. The Morgan fingerprint density at radius 2 is 1.67 bits per heavy atom. The largest absolute Gasteiger partial charge is 0.483 e. The molecule has 0 saturated carbocycles. The third-order valence-electron chi connectivity index (χ3n) is 3.59. The van der Waals surface area contributed by atoms with Crippen LogP contribution in [0, 0.1) is 13.8 Å². The van der Waals surface area contributed by atoms with Gasteiger partial charge in [-0.05, 0) is 76.1 Å². The van der Waals surface area contributed by atoms with Gasteiger partial charge in [-0.25, -0.2) is 13.1 Å². The fourth-order valence-electron chi connectivity index (χ4n) is 2.38. The highest BCUT2D eigenvalue weighted by atomic mass is 32.2. The molecule has 0 fully saturated rings. The first kappa shape index (κ1) is 20.9. The fraction of sp³-hybridized carbons (Fsp3) is 0.350. The first-order chi connectivity index (χ1) is 12.5. The standard InChI is InChI=1S/C20H26N2O4S/c1-14-6-7-15(2)18(12-14)26-13-19(23)21-16-8-10-17(11-9-16)27(24,25)22-20(3,4)5/h6-12,22H,13H2,1-5H3,(H,21,23). The first-order valence-electron chi connectivity index (χ1n) is 8.60. The molecule has 0 radical (unpaired) electrons. The smallest absolute Gasteiger partial charge is 0.262 e. The number of amides is 1. The van der Waals surface area contributed by atoms with E-state index in [0.29, 0.717) is 11.4 Å². The molecule has 2 aromatic rings. The van der Waals surface area contributed by atoms with Crippen LogP contribution in [0.15, 0.2) is 47.4 Å². The summed E-state index contributed by atoms with van der Waals surface area (Å²) in [5, 5.41) is 2.69. The van der Waals surface area contributed by atoms with Crippen LogP contribution in [0.5, 0.6) is 5.75 Å². The van der Waals surface area contributed by atoms with Crippen molar-refractivity contribution in [3.63, 3.8) is 0 Å². The minimum absolute atomic E-state index is 0.129. The van der Waals surface area contributed by atoms with Crippen molar-refractivity contribution in [1.29, 1.82) is 0 Å². The highest BCUT2D eigenvalue weighted by molar-refractivity contribution is 7.89. The molecule has 0 aliphatic carbocycles. The van der Waals surface area contributed by atoms with Crippen LogP contribution in [0.2, 0.25) is 0 Å². The van der Waals surface area contributed by atoms with E-state index in [1.54, 1.807) is 32.9 Å². The molecule has 0 bridgehead atoms. The van der Waals surface area contributed by atoms with E-state index in [2.05, 4.69) is 10.0 Å². The first-order valence-corrected chi connectivity index (χ1v) is 10.1. The molecule has 0 aliphatic heterocycles. The topological polar surface area (TPSA) is 84.5 Å². The molecule has 27 heavy (non-hydrogen) atoms. The molecule has 2 aromatic carbocycles. The number of anilines is 1. The van der Waals surface area contributed by atoms with Gasteiger partial charge in [0.2, 0.25) is 10.0 Å². The van der Waals surface area contributed by atoms with Gasteiger partial charge in [-0.1, -0.05) is 12.1 Å². The van der Waals surface area contributed by atoms with Crippen LogP contribution in [0.25, 0.3) is 0 Å². The number of sulfonamides is 1. The second-order valence-corrected chi connectivity index (χ2v) is 9.17. The van der Waals surface area contributed by atoms with Crippen LogP contribution in [-0.4, -0.2) is 26.5 Å². The van der Waals surface area contributed by atoms with E-state index in [9.17, 15) is 13.2 Å². The predicted octanol–water partition coefficient (Wildman–Crippen LogP) is 3.40. The monoisotopic (exact) mass is 390 g/mol. The summed E-state index contributed by atoms with van der Waals surface area (Å²) in [5.74, 6) is 0.346. The minimum atomic E-state index is -3.61. The zero-order valence-corrected chi connectivity index (χ0v) is 17.1. The van der Waals surface area contributed by atoms with Crippen molar-refractivity contribution < 1.29 is 17.9 Å². The zero-order valence-electron chi connectivity index (χ0n) is 16.3. The Balaban J connectivity index is 1.98. The summed E-state index contributed by atoms with van der Waals surface area (Å²) >= 11 is 0. The SMILES string of the molecule is Cc1ccc(C)c(OCC(=O)Nc2ccc(S(=O)(=O)NC(C)(C)C)cc2)c1. The molecular formula is C20H26N2O4S. The van der Waals surface area contributed by atoms with E-state index < -0.39 is 15.6 Å². The van der Waals surface area contributed by atoms with Crippen LogP contribution < -0.4 is 14.8 Å². The zero-order chi connectivity index (χ0) is 20.2. The molecule has 0 spiro atoms. The van der Waals surface area contributed by atoms with Crippen LogP contribution in [0.4, 0.5) is 5.69 Å². The second kappa shape index (κ2) is 8.10. The maximum absolute atomic E-state index is 12.3. The lowest BCUT2D eigenvalue weighted by Crippen LogP contribution is -2.40. The van der Waals surface area contributed by atoms with Crippen molar-refractivity contribution in [2.45, 2.75) is 45.1 Å². The molecule has 0 aliphatic rings. The number of ether oxygens (including phenoxy) is 1. The Morgan fingerprint density at radius 1 is 1.04 bits per heavy atom. The van der Waals surface area contributed by atoms with Crippen molar-refractivity contribution in [2.75, 3.05) is 11.9 Å². The molecule has 146 valence electrons. The molecule has 1 amide bonds. The summed E-state index contributed by atoms with van der Waals surface area (Å²) in [4.78, 5) is 12.2. The Bertz CT molecular complexity index is 914. The van der Waals surface area contributed by atoms with Crippen molar-refractivity contribution in [2.24, 2.45) is 0 Å². The van der Waals surface area contributed by atoms with Crippen molar-refractivity contribution in [3.8, 4) is 5.75 Å². The van der Waals surface area contributed by atoms with E-state index in [1.807, 2.05) is 32.0 Å². The molecule has 6 nitrogen and oxygen atoms in total. The molecule has 0 heterocycles. The van der Waals surface area contributed by atoms with Gasteiger partial charge in [0.15, 0.2) is 6.61 Å². The van der Waals surface area contributed by atoms with E-state index in [1.165, 1.54) is 12.1 Å². The average molecular weight is 391 g/mol. The van der Waals surface area contributed by atoms with E-state index >= 15 is 0 Å². The van der Waals surface area contributed by atoms with Crippen LogP contribution in [-0.2, 0) is 14.8 Å². The number of rotatable bonds is 6. The van der Waals surface area contributed by atoms with E-state index in [-0.39, 0.29) is 17.4 Å². The van der Waals surface area contributed by atoms with Crippen LogP contribution in [0.3, 0.4) is 0 Å². The highest BCUT2D eigenvalue weighted by Crippen LogP contribution is 2.19. The van der Waals surface area contributed by atoms with E-state index in [4.69, 9.17) is 4.74 Å². The Hall–Kier alpha value is -2.38. The van der Waals surface area contributed by atoms with Gasteiger partial charge in [0.1, 0.15) is 5.75 Å². The minimum Gasteiger partial charge on any atom is -0.483 e. The average Bonchev–Trinajstić information content (AvgIpc) is 2.54. The summed E-state index contributed by atoms with van der Waals surface area (Å²) < 4.78 is 32.7. The number of hydrogen-bond donors (Lipinski definition) is 2. The molecule has 0 aromatic heterocycles. The quantitative estimate of drug-likeness (QED) is 0.792. The van der Waals surface area contributed by atoms with Gasteiger partial charge in [0.25, 0.3) is 5.91 Å². The van der Waals surface area contributed by atoms with Crippen molar-refractivity contribution in [1.82, 2.24) is 4.72 Å². The van der Waals surface area contributed by atoms with Crippen LogP contribution >= 0.6 is 0 Å². The summed E-state index contributed by atoms with van der Waals surface area (Å²) in [7, 11) is -3.61. The van der Waals surface area contributed by atoms with Crippen LogP contribution in [0.1, 0.15) is 31.9 Å². The molecule has 2 N–H and O–H groups in total. The van der Waals surface area contributed by atoms with Gasteiger partial charge in [0, 0.05) is 11.2 Å². The molecule has 7 heteroatoms. The summed E-state index contributed by atoms with van der Waals surface area (Å²) in [6, 6.07) is 11.8. The van der Waals surface area contributed by atoms with Gasteiger partial charge < -0.3 is 10.1 Å². The third-order valence-corrected chi connectivity index (χ3v) is 5.37. The van der Waals surface area contributed by atoms with Crippen molar-refractivity contribution in [3.05, 3.63) is 53.6 Å². The van der Waals surface area contributed by atoms with Crippen molar-refractivity contribution >= 4 is 21.6 Å². The molecule has 0 atom stereocenters. The molecule has 0 saturated heterocycles. The maximum Gasteiger partial charge on any atom is 0.262 e. The summed E-state index contributed by atoms with van der Waals surface area (Å²) in [6.45, 7) is 9.06. The normalized spacial score (nSPS) is 11.9. The number of carbonyl (C=O) groups is 1. The summed E-state index contributed by atoms with van der Waals surface area (Å²) in [6.07, 6.45) is 0. The summed E-state index contributed by atoms with van der Waals surface area (Å²) in [5.41, 5.74) is 1.93. The fourth-order valence-corrected chi connectivity index (χ4v) is 3.80. The van der Waals surface area contributed by atoms with E-state index in [0.717, 1.165) is 11.1 Å². The Labute approximate surface area is 161 Å².